The van der Waals surface area contributed by atoms with Crippen molar-refractivity contribution in [1.82, 2.24) is 24.9 Å². The molecule has 5 aromatic rings. The number of aromatic nitrogens is 3. The van der Waals surface area contributed by atoms with Crippen LogP contribution in [-0.2, 0) is 6.54 Å². The van der Waals surface area contributed by atoms with Gasteiger partial charge in [-0.2, -0.15) is 4.98 Å². The minimum atomic E-state index is -0.559. The lowest BCUT2D eigenvalue weighted by atomic mass is 10.0. The number of nitrogens with zero attached hydrogens (tertiary/aromatic N) is 5. The van der Waals surface area contributed by atoms with E-state index in [1.807, 2.05) is 55.5 Å². The Hall–Kier alpha value is -3.63. The lowest BCUT2D eigenvalue weighted by Crippen LogP contribution is -2.48. The maximum atomic E-state index is 10.5. The molecule has 2 aromatic heterocycles. The second-order valence-electron chi connectivity index (χ2n) is 9.86. The van der Waals surface area contributed by atoms with E-state index in [1.54, 1.807) is 11.3 Å². The molecule has 1 N–H and O–H groups in total. The summed E-state index contributed by atoms with van der Waals surface area (Å²) in [6, 6.07) is 24.4. The highest BCUT2D eigenvalue weighted by Gasteiger charge is 2.21. The van der Waals surface area contributed by atoms with E-state index in [0.29, 0.717) is 24.8 Å². The maximum Gasteiger partial charge on any atom is 0.241 e. The molecule has 3 heterocycles. The minimum Gasteiger partial charge on any atom is -0.491 e. The first-order valence-corrected chi connectivity index (χ1v) is 14.0. The average molecular weight is 542 g/mol. The summed E-state index contributed by atoms with van der Waals surface area (Å²) in [6.07, 6.45) is -0.559. The predicted octanol–water partition coefficient (Wildman–Crippen LogP) is 4.88. The highest BCUT2D eigenvalue weighted by Crippen LogP contribution is 2.26. The van der Waals surface area contributed by atoms with E-state index in [-0.39, 0.29) is 6.61 Å². The highest BCUT2D eigenvalue weighted by molar-refractivity contribution is 7.18. The summed E-state index contributed by atoms with van der Waals surface area (Å²) in [4.78, 5) is 13.7. The molecule has 0 radical (unpaired) electrons. The van der Waals surface area contributed by atoms with E-state index in [0.717, 1.165) is 58.3 Å². The molecule has 39 heavy (non-hydrogen) atoms. The molecule has 0 amide bonds. The third-order valence-corrected chi connectivity index (χ3v) is 7.87. The number of rotatable bonds is 9. The van der Waals surface area contributed by atoms with Crippen molar-refractivity contribution in [2.24, 2.45) is 0 Å². The molecule has 1 saturated heterocycles. The van der Waals surface area contributed by atoms with Crippen molar-refractivity contribution in [3.63, 3.8) is 0 Å². The molecule has 8 nitrogen and oxygen atoms in total. The van der Waals surface area contributed by atoms with E-state index < -0.39 is 6.10 Å². The van der Waals surface area contributed by atoms with Crippen LogP contribution in [0.1, 0.15) is 10.9 Å². The molecular formula is C30H31N5O3S. The Morgan fingerprint density at radius 2 is 1.62 bits per heavy atom. The van der Waals surface area contributed by atoms with Crippen molar-refractivity contribution >= 4 is 21.6 Å². The second-order valence-corrected chi connectivity index (χ2v) is 11.1. The molecule has 6 rings (SSSR count). The molecular weight excluding hydrogens is 510 g/mol. The minimum absolute atomic E-state index is 0.256. The SMILES string of the molecule is Cc1nc2cc(OC[C@H](O)CN3CCN(Cc4nc(-c5ccc(-c6ccccc6)cc5)no4)CC3)ccc2s1. The standard InChI is InChI=1S/C30H31N5O3S/c1-21-31-27-17-26(11-12-28(27)39-21)37-20-25(36)18-34-13-15-35(16-14-34)19-29-32-30(33-38-29)24-9-7-23(8-10-24)22-5-3-2-4-6-22/h2-12,17,25,36H,13-16,18-20H2,1H3/t25-/m1/s1. The van der Waals surface area contributed by atoms with Crippen molar-refractivity contribution in [2.75, 3.05) is 39.3 Å². The van der Waals surface area contributed by atoms with Crippen molar-refractivity contribution in [1.29, 1.82) is 0 Å². The van der Waals surface area contributed by atoms with E-state index in [1.165, 1.54) is 5.56 Å². The van der Waals surface area contributed by atoms with Crippen LogP contribution in [0.2, 0.25) is 0 Å². The Kier molecular flexibility index (Phi) is 7.64. The summed E-state index contributed by atoms with van der Waals surface area (Å²) in [5.41, 5.74) is 4.22. The zero-order valence-corrected chi connectivity index (χ0v) is 22.7. The smallest absolute Gasteiger partial charge is 0.241 e. The van der Waals surface area contributed by atoms with Gasteiger partial charge in [0.05, 0.1) is 21.8 Å². The Bertz CT molecular complexity index is 1510. The fourth-order valence-electron chi connectivity index (χ4n) is 4.86. The molecule has 0 aliphatic carbocycles. The number of aliphatic hydroxyl groups is 1. The van der Waals surface area contributed by atoms with E-state index in [4.69, 9.17) is 9.26 Å². The van der Waals surface area contributed by atoms with E-state index in [9.17, 15) is 5.11 Å². The molecule has 1 aliphatic rings. The fraction of sp³-hybridized carbons (Fsp3) is 0.300. The number of β-amino-alcohol motifs (C(OH)–C–C–N with tert-alkyl or cyclic N) is 1. The van der Waals surface area contributed by atoms with Gasteiger partial charge in [-0.1, -0.05) is 59.8 Å². The summed E-state index contributed by atoms with van der Waals surface area (Å²) < 4.78 is 12.5. The van der Waals surface area contributed by atoms with Gasteiger partial charge in [0.2, 0.25) is 11.7 Å². The number of aryl methyl sites for hydroxylation is 1. The quantitative estimate of drug-likeness (QED) is 0.283. The van der Waals surface area contributed by atoms with E-state index in [2.05, 4.69) is 49.2 Å². The van der Waals surface area contributed by atoms with Gasteiger partial charge < -0.3 is 14.4 Å². The van der Waals surface area contributed by atoms with Crippen LogP contribution < -0.4 is 4.74 Å². The zero-order valence-electron chi connectivity index (χ0n) is 21.9. The molecule has 0 unspecified atom stereocenters. The van der Waals surface area contributed by atoms with Crippen LogP contribution in [0.15, 0.2) is 77.3 Å². The first kappa shape index (κ1) is 25.6. The maximum absolute atomic E-state index is 10.5. The van der Waals surface area contributed by atoms with Crippen molar-refractivity contribution in [3.05, 3.63) is 83.7 Å². The van der Waals surface area contributed by atoms with Crippen LogP contribution in [0.3, 0.4) is 0 Å². The summed E-state index contributed by atoms with van der Waals surface area (Å²) in [6.45, 7) is 6.93. The summed E-state index contributed by atoms with van der Waals surface area (Å²) >= 11 is 1.67. The van der Waals surface area contributed by atoms with Gasteiger partial charge in [0.15, 0.2) is 0 Å². The number of hydrogen-bond donors (Lipinski definition) is 1. The van der Waals surface area contributed by atoms with Gasteiger partial charge in [-0.3, -0.25) is 9.80 Å². The number of aliphatic hydroxyl groups excluding tert-OH is 1. The Morgan fingerprint density at radius 3 is 2.41 bits per heavy atom. The highest BCUT2D eigenvalue weighted by atomic mass is 32.1. The first-order valence-electron chi connectivity index (χ1n) is 13.2. The Labute approximate surface area is 231 Å². The van der Waals surface area contributed by atoms with Crippen molar-refractivity contribution in [3.8, 4) is 28.3 Å². The molecule has 1 aliphatic heterocycles. The summed E-state index contributed by atoms with van der Waals surface area (Å²) in [7, 11) is 0. The Morgan fingerprint density at radius 1 is 0.897 bits per heavy atom. The van der Waals surface area contributed by atoms with Gasteiger partial charge in [0, 0.05) is 44.4 Å². The third-order valence-electron chi connectivity index (χ3n) is 6.92. The molecule has 0 saturated carbocycles. The summed E-state index contributed by atoms with van der Waals surface area (Å²) in [5.74, 6) is 1.96. The van der Waals surface area contributed by atoms with Crippen LogP contribution >= 0.6 is 11.3 Å². The fourth-order valence-corrected chi connectivity index (χ4v) is 5.66. The molecule has 9 heteroatoms. The zero-order chi connectivity index (χ0) is 26.6. The second kappa shape index (κ2) is 11.6. The number of thiazole rings is 1. The molecule has 3 aromatic carbocycles. The van der Waals surface area contributed by atoms with Gasteiger partial charge in [-0.15, -0.1) is 11.3 Å². The van der Waals surface area contributed by atoms with Crippen LogP contribution in [0, 0.1) is 6.92 Å². The third kappa shape index (κ3) is 6.34. The molecule has 1 atom stereocenters. The van der Waals surface area contributed by atoms with Crippen LogP contribution in [0.25, 0.3) is 32.7 Å². The van der Waals surface area contributed by atoms with Gasteiger partial charge in [-0.25, -0.2) is 4.98 Å². The number of ether oxygens (including phenoxy) is 1. The van der Waals surface area contributed by atoms with Gasteiger partial charge in [0.1, 0.15) is 18.5 Å². The molecule has 0 bridgehead atoms. The lowest BCUT2D eigenvalue weighted by molar-refractivity contribution is 0.0426. The van der Waals surface area contributed by atoms with Gasteiger partial charge in [-0.05, 0) is 30.2 Å². The average Bonchev–Trinajstić information content (AvgIpc) is 3.59. The molecule has 1 fully saturated rings. The topological polar surface area (TPSA) is 87.8 Å². The Balaban J connectivity index is 0.951. The van der Waals surface area contributed by atoms with Crippen LogP contribution in [-0.4, -0.2) is 75.5 Å². The molecule has 200 valence electrons. The van der Waals surface area contributed by atoms with Gasteiger partial charge >= 0.3 is 0 Å². The normalized spacial score (nSPS) is 15.5. The van der Waals surface area contributed by atoms with Crippen molar-refractivity contribution in [2.45, 2.75) is 19.6 Å². The molecule has 0 spiro atoms. The van der Waals surface area contributed by atoms with E-state index >= 15 is 0 Å². The number of piperazine rings is 1. The largest absolute Gasteiger partial charge is 0.491 e. The number of hydrogen-bond acceptors (Lipinski definition) is 9. The van der Waals surface area contributed by atoms with Gasteiger partial charge in [0.25, 0.3) is 0 Å². The number of benzene rings is 3. The van der Waals surface area contributed by atoms with Crippen LogP contribution in [0.5, 0.6) is 5.75 Å². The van der Waals surface area contributed by atoms with Crippen LogP contribution in [0.4, 0.5) is 0 Å². The number of fused-ring (bicyclic) bond motifs is 1. The first-order chi connectivity index (χ1) is 19.1. The summed E-state index contributed by atoms with van der Waals surface area (Å²) in [5, 5.41) is 15.8. The van der Waals surface area contributed by atoms with Crippen molar-refractivity contribution < 1.29 is 14.4 Å². The predicted molar refractivity (Wildman–Crippen MR) is 153 cm³/mol. The lowest BCUT2D eigenvalue weighted by Gasteiger charge is -2.34. The monoisotopic (exact) mass is 541 g/mol.